The SMILES string of the molecule is CC1(C)c2ccccc2-c2ccc(N3c4cc(N(c5ccccc5)c5ccccc5)cc5c4B4c6c3cccc6[Si](c3ccccc3)(c3cccc(-c6cccc(N(c7ccccc7)c7cc8c9c(c7)N(c7ccc%10c(c7)sc7ccccc7%10)c7cccc%10c7B9c7c(cccc7[Si]%10(c7ccccc7)c7ccccc7)N8c7ccc8c(c7)sc7ccccc78)c6)c3)c3cccc(c34)N5c3ccc4c(c3)C(C)(C)c3ccccc3-4)cc21. The number of rotatable bonds is 15. The number of hydrogen-bond acceptors (Lipinski definition) is 8. The molecule has 0 amide bonds. The van der Waals surface area contributed by atoms with Crippen molar-refractivity contribution in [1.82, 2.24) is 0 Å². The van der Waals surface area contributed by atoms with Crippen LogP contribution in [0.2, 0.25) is 0 Å². The molecule has 702 valence electrons. The van der Waals surface area contributed by atoms with E-state index in [1.807, 2.05) is 22.7 Å². The highest BCUT2D eigenvalue weighted by molar-refractivity contribution is 7.29. The molecule has 0 radical (unpaired) electrons. The minimum absolute atomic E-state index is 0.146. The van der Waals surface area contributed by atoms with Crippen molar-refractivity contribution >= 4 is 269 Å². The topological polar surface area (TPSA) is 19.4 Å². The summed E-state index contributed by atoms with van der Waals surface area (Å²) in [6.45, 7) is 9.39. The maximum absolute atomic E-state index is 3.62. The van der Waals surface area contributed by atoms with Gasteiger partial charge in [0.15, 0.2) is 16.1 Å². The van der Waals surface area contributed by atoms with Crippen molar-refractivity contribution in [2.24, 2.45) is 0 Å². The summed E-state index contributed by atoms with van der Waals surface area (Å²) in [5, 5.41) is 16.2. The Bertz CT molecular complexity index is 9420. The zero-order valence-corrected chi connectivity index (χ0v) is 86.6. The van der Waals surface area contributed by atoms with Crippen LogP contribution in [0.25, 0.3) is 73.7 Å². The van der Waals surface area contributed by atoms with Crippen molar-refractivity contribution in [3.63, 3.8) is 0 Å². The van der Waals surface area contributed by atoms with E-state index in [0.29, 0.717) is 0 Å². The maximum Gasteiger partial charge on any atom is 0.251 e. The Morgan fingerprint density at radius 2 is 0.493 bits per heavy atom. The molecule has 0 saturated heterocycles. The van der Waals surface area contributed by atoms with E-state index in [2.05, 4.69) is 555 Å². The molecule has 0 saturated carbocycles. The van der Waals surface area contributed by atoms with Crippen molar-refractivity contribution in [3.8, 4) is 33.4 Å². The van der Waals surface area contributed by atoms with Gasteiger partial charge in [0.05, 0.1) is 11.4 Å². The fourth-order valence-electron chi connectivity index (χ4n) is 28.5. The molecule has 0 atom stereocenters. The molecule has 12 heteroatoms. The molecule has 0 unspecified atom stereocenters. The molecule has 6 nitrogen and oxygen atoms in total. The summed E-state index contributed by atoms with van der Waals surface area (Å²) in [4.78, 5) is 15.9. The fraction of sp³-hybridized carbons (Fsp3) is 0.0435. The summed E-state index contributed by atoms with van der Waals surface area (Å²) in [6, 6.07) is 193. The second-order valence-corrected chi connectivity index (χ2v) is 52.4. The molecular weight excluding hydrogens is 1880 g/mol. The zero-order valence-electron chi connectivity index (χ0n) is 83.0. The number of thiophene rings is 2. The lowest BCUT2D eigenvalue weighted by Gasteiger charge is -2.52. The average Bonchev–Trinajstić information content (AvgIpc) is 0.794. The van der Waals surface area contributed by atoms with Gasteiger partial charge in [-0.1, -0.05) is 367 Å². The van der Waals surface area contributed by atoms with Gasteiger partial charge in [-0.3, -0.25) is 0 Å². The summed E-state index contributed by atoms with van der Waals surface area (Å²) in [6.07, 6.45) is 0. The van der Waals surface area contributed by atoms with Crippen molar-refractivity contribution in [2.75, 3.05) is 29.4 Å². The lowest BCUT2D eigenvalue weighted by atomic mass is 9.33. The number of hydrogen-bond donors (Lipinski definition) is 0. The van der Waals surface area contributed by atoms with Crippen LogP contribution in [0.3, 0.4) is 0 Å². The lowest BCUT2D eigenvalue weighted by Crippen LogP contribution is -2.88. The number of para-hydroxylation sites is 3. The molecule has 0 N–H and O–H groups in total. The third kappa shape index (κ3) is 11.8. The molecule has 32 rings (SSSR count). The van der Waals surface area contributed by atoms with Gasteiger partial charge >= 0.3 is 0 Å². The van der Waals surface area contributed by atoms with Gasteiger partial charge in [-0.2, -0.15) is 0 Å². The van der Waals surface area contributed by atoms with Crippen LogP contribution in [0.4, 0.5) is 102 Å². The summed E-state index contributed by atoms with van der Waals surface area (Å²) >= 11 is 3.78. The predicted octanol–water partition coefficient (Wildman–Crippen LogP) is 27.2. The Hall–Kier alpha value is -17.4. The lowest BCUT2D eigenvalue weighted by molar-refractivity contribution is 0.660. The van der Waals surface area contributed by atoms with E-state index in [0.717, 1.165) is 90.8 Å². The molecule has 2 aliphatic carbocycles. The number of benzene rings is 22. The minimum Gasteiger partial charge on any atom is -0.311 e. The van der Waals surface area contributed by atoms with Crippen LogP contribution in [-0.4, -0.2) is 29.6 Å². The first-order valence-corrected chi connectivity index (χ1v) is 58.1. The third-order valence-corrected chi connectivity index (χ3v) is 46.7. The summed E-state index contributed by atoms with van der Waals surface area (Å²) in [5.41, 5.74) is 40.6. The quantitative estimate of drug-likeness (QED) is 0.0946. The molecule has 0 fully saturated rings. The Balaban J connectivity index is 0.627. The Labute approximate surface area is 883 Å². The number of fused-ring (bicyclic) bond motifs is 12. The van der Waals surface area contributed by atoms with E-state index in [1.165, 1.54) is 182 Å². The van der Waals surface area contributed by atoms with E-state index in [9.17, 15) is 0 Å². The highest BCUT2D eigenvalue weighted by Gasteiger charge is 2.60. The molecule has 6 aliphatic heterocycles. The zero-order chi connectivity index (χ0) is 98.9. The second kappa shape index (κ2) is 32.1. The van der Waals surface area contributed by atoms with Gasteiger partial charge < -0.3 is 29.4 Å². The Kier molecular flexibility index (Phi) is 18.4. The molecule has 150 heavy (non-hydrogen) atoms. The first-order chi connectivity index (χ1) is 73.9. The smallest absolute Gasteiger partial charge is 0.251 e. The minimum atomic E-state index is -3.62. The molecule has 2 aromatic heterocycles. The number of nitrogens with zero attached hydrogens (tertiary/aromatic N) is 6. The normalized spacial score (nSPS) is 14.8. The molecule has 24 aromatic rings. The highest BCUT2D eigenvalue weighted by Crippen LogP contribution is 2.58. The number of anilines is 18. The van der Waals surface area contributed by atoms with Gasteiger partial charge in [0, 0.05) is 142 Å². The fourth-order valence-corrected chi connectivity index (χ4v) is 41.4. The molecule has 0 spiro atoms. The molecule has 8 heterocycles. The van der Waals surface area contributed by atoms with Gasteiger partial charge in [0.1, 0.15) is 0 Å². The molecule has 0 bridgehead atoms. The molecule has 22 aromatic carbocycles. The molecule has 8 aliphatic rings. The van der Waals surface area contributed by atoms with Crippen LogP contribution in [0.1, 0.15) is 49.9 Å². The van der Waals surface area contributed by atoms with Crippen LogP contribution in [0.15, 0.2) is 497 Å². The van der Waals surface area contributed by atoms with E-state index in [1.54, 1.807) is 0 Å². The summed E-state index contributed by atoms with van der Waals surface area (Å²) < 4.78 is 5.08. The monoisotopic (exact) mass is 1980 g/mol. The highest BCUT2D eigenvalue weighted by atomic mass is 32.1. The van der Waals surface area contributed by atoms with Crippen LogP contribution >= 0.6 is 22.7 Å². The maximum atomic E-state index is 2.71. The standard InChI is InChI=1S/C138H94B2N6S2Si2/c1-137(2)111-57-27-23-53-103(111)105-73-69-93(79-113(105)137)143-115-59-35-67-129-135(115)140-131-119(143)81-97(141(89-39-11-5-12-40-89)90-41-13-6-14-42-90)82-120(131)144(94-70-74-106-104-54-24-28-58-112(104)138(3,4)114(106)80-94)116-60-36-68-130(136(116)140)150(129,101-50-21-10-22-51-101)102-52-32-38-88(78-102)87-37-31-45-92(77-87)142(91-43-15-7-16-44-91)98-83-121-132-122(84-98)146(96-72-76-110-108-56-26-30-64-124(108)148-126(110)86-96)118-62-34-66-128-134(118)139(132)133-117(145(121)95-71-75-109-107-55-25-29-63-123(107)147-125(109)85-95)61-33-65-127(133)149(128,99-46-17-8-18-47-99)100-48-19-9-20-49-100/h5-86H,1-4H3. The van der Waals surface area contributed by atoms with Gasteiger partial charge in [-0.25, -0.2) is 0 Å². The second-order valence-electron chi connectivity index (χ2n) is 42.7. The third-order valence-electron chi connectivity index (χ3n) is 34.7. The van der Waals surface area contributed by atoms with Crippen molar-refractivity contribution in [3.05, 3.63) is 520 Å². The van der Waals surface area contributed by atoms with Gasteiger partial charge in [0.2, 0.25) is 0 Å². The van der Waals surface area contributed by atoms with E-state index in [4.69, 9.17) is 0 Å². The predicted molar refractivity (Wildman–Crippen MR) is 645 cm³/mol. The largest absolute Gasteiger partial charge is 0.311 e. The van der Waals surface area contributed by atoms with E-state index >= 15 is 0 Å². The van der Waals surface area contributed by atoms with Gasteiger partial charge in [-0.15, -0.1) is 22.7 Å². The average molecular weight is 1980 g/mol. The van der Waals surface area contributed by atoms with Crippen molar-refractivity contribution in [2.45, 2.75) is 38.5 Å². The van der Waals surface area contributed by atoms with Gasteiger partial charge in [-0.05, 0) is 288 Å². The molecular formula is C138H94B2N6S2Si2. The first kappa shape index (κ1) is 85.8. The van der Waals surface area contributed by atoms with Crippen molar-refractivity contribution in [1.29, 1.82) is 0 Å². The van der Waals surface area contributed by atoms with Crippen LogP contribution in [-0.2, 0) is 10.8 Å². The first-order valence-electron chi connectivity index (χ1n) is 52.5. The summed E-state index contributed by atoms with van der Waals surface area (Å²) in [7, 11) is -6.84. The summed E-state index contributed by atoms with van der Waals surface area (Å²) in [5.74, 6) is 0. The van der Waals surface area contributed by atoms with Crippen molar-refractivity contribution < 1.29 is 0 Å². The van der Waals surface area contributed by atoms with Crippen LogP contribution in [0.5, 0.6) is 0 Å². The van der Waals surface area contributed by atoms with E-state index < -0.39 is 16.1 Å². The Morgan fingerprint density at radius 3 is 0.893 bits per heavy atom. The van der Waals surface area contributed by atoms with Crippen LogP contribution < -0.4 is 104 Å². The van der Waals surface area contributed by atoms with E-state index in [-0.39, 0.29) is 24.3 Å². The van der Waals surface area contributed by atoms with Gasteiger partial charge in [0.25, 0.3) is 13.4 Å². The Morgan fingerprint density at radius 1 is 0.200 bits per heavy atom. The van der Waals surface area contributed by atoms with Crippen LogP contribution in [0, 0.1) is 0 Å².